The molecule has 0 aliphatic rings. The summed E-state index contributed by atoms with van der Waals surface area (Å²) in [6.07, 6.45) is 1.69. The van der Waals surface area contributed by atoms with E-state index in [-0.39, 0.29) is 6.04 Å². The molecule has 0 aliphatic carbocycles. The normalized spacial score (nSPS) is 12.7. The Kier molecular flexibility index (Phi) is 5.46. The standard InChI is InChI=1S/C15H19ClIN3/c1-4-12-15(16)14(20(3)19-12)9-13(18-2)10-5-7-11(17)8-6-10/h5-8,13,18H,4,9H2,1-3H3. The highest BCUT2D eigenvalue weighted by molar-refractivity contribution is 14.1. The Labute approximate surface area is 138 Å². The molecule has 0 saturated heterocycles. The lowest BCUT2D eigenvalue weighted by atomic mass is 10.0. The second-order valence-corrected chi connectivity index (χ2v) is 6.41. The Morgan fingerprint density at radius 2 is 2.00 bits per heavy atom. The van der Waals surface area contributed by atoms with Crippen molar-refractivity contribution >= 4 is 34.2 Å². The van der Waals surface area contributed by atoms with Gasteiger partial charge in [-0.1, -0.05) is 30.7 Å². The van der Waals surface area contributed by atoms with E-state index >= 15 is 0 Å². The molecule has 0 radical (unpaired) electrons. The van der Waals surface area contributed by atoms with Gasteiger partial charge >= 0.3 is 0 Å². The number of aromatic nitrogens is 2. The Morgan fingerprint density at radius 1 is 1.35 bits per heavy atom. The first-order valence-electron chi connectivity index (χ1n) is 6.69. The van der Waals surface area contributed by atoms with Crippen LogP contribution in [0.4, 0.5) is 0 Å². The highest BCUT2D eigenvalue weighted by Gasteiger charge is 2.18. The SMILES string of the molecule is CCc1nn(C)c(CC(NC)c2ccc(I)cc2)c1Cl. The second-order valence-electron chi connectivity index (χ2n) is 4.78. The van der Waals surface area contributed by atoms with Crippen LogP contribution in [0.2, 0.25) is 5.02 Å². The largest absolute Gasteiger partial charge is 0.313 e. The number of hydrogen-bond acceptors (Lipinski definition) is 2. The molecule has 108 valence electrons. The van der Waals surface area contributed by atoms with Crippen LogP contribution in [0, 0.1) is 3.57 Å². The predicted octanol–water partition coefficient (Wildman–Crippen LogP) is 3.74. The third-order valence-corrected chi connectivity index (χ3v) is 4.68. The van der Waals surface area contributed by atoms with Crippen molar-refractivity contribution < 1.29 is 0 Å². The van der Waals surface area contributed by atoms with E-state index in [2.05, 4.69) is 64.2 Å². The summed E-state index contributed by atoms with van der Waals surface area (Å²) in [6.45, 7) is 2.08. The van der Waals surface area contributed by atoms with Gasteiger partial charge in [0.05, 0.1) is 16.4 Å². The summed E-state index contributed by atoms with van der Waals surface area (Å²) in [7, 11) is 3.94. The van der Waals surface area contributed by atoms with Crippen LogP contribution in [-0.4, -0.2) is 16.8 Å². The molecule has 3 nitrogen and oxygen atoms in total. The monoisotopic (exact) mass is 403 g/mol. The van der Waals surface area contributed by atoms with Crippen molar-refractivity contribution in [2.45, 2.75) is 25.8 Å². The Hall–Kier alpha value is -0.590. The average Bonchev–Trinajstić information content (AvgIpc) is 2.72. The van der Waals surface area contributed by atoms with Gasteiger partial charge in [0.2, 0.25) is 0 Å². The fourth-order valence-corrected chi connectivity index (χ4v) is 3.05. The summed E-state index contributed by atoms with van der Waals surface area (Å²) in [5, 5.41) is 8.65. The molecule has 1 N–H and O–H groups in total. The molecule has 20 heavy (non-hydrogen) atoms. The summed E-state index contributed by atoms with van der Waals surface area (Å²) < 4.78 is 3.14. The maximum absolute atomic E-state index is 6.43. The van der Waals surface area contributed by atoms with E-state index in [0.29, 0.717) is 0 Å². The van der Waals surface area contributed by atoms with Gasteiger partial charge in [0.1, 0.15) is 0 Å². The van der Waals surface area contributed by atoms with Crippen molar-refractivity contribution in [1.29, 1.82) is 0 Å². The van der Waals surface area contributed by atoms with Crippen LogP contribution in [0.3, 0.4) is 0 Å². The lowest BCUT2D eigenvalue weighted by molar-refractivity contribution is 0.561. The van der Waals surface area contributed by atoms with E-state index in [4.69, 9.17) is 11.6 Å². The summed E-state index contributed by atoms with van der Waals surface area (Å²) >= 11 is 8.75. The van der Waals surface area contributed by atoms with Crippen molar-refractivity contribution in [1.82, 2.24) is 15.1 Å². The molecule has 0 bridgehead atoms. The number of nitrogens with one attached hydrogen (secondary N) is 1. The zero-order valence-corrected chi connectivity index (χ0v) is 14.9. The summed E-state index contributed by atoms with van der Waals surface area (Å²) in [5.74, 6) is 0. The molecule has 1 unspecified atom stereocenters. The van der Waals surface area contributed by atoms with E-state index in [1.807, 2.05) is 18.8 Å². The molecule has 0 spiro atoms. The third-order valence-electron chi connectivity index (χ3n) is 3.52. The topological polar surface area (TPSA) is 29.9 Å². The van der Waals surface area contributed by atoms with Gasteiger partial charge in [-0.25, -0.2) is 0 Å². The smallest absolute Gasteiger partial charge is 0.0850 e. The van der Waals surface area contributed by atoms with E-state index in [0.717, 1.165) is 29.3 Å². The molecule has 0 aliphatic heterocycles. The number of nitrogens with zero attached hydrogens (tertiary/aromatic N) is 2. The lowest BCUT2D eigenvalue weighted by Crippen LogP contribution is -2.20. The zero-order valence-electron chi connectivity index (χ0n) is 12.0. The van der Waals surface area contributed by atoms with Crippen molar-refractivity contribution in [2.75, 3.05) is 7.05 Å². The quantitative estimate of drug-likeness (QED) is 0.771. The van der Waals surface area contributed by atoms with Crippen molar-refractivity contribution in [3.05, 3.63) is 49.8 Å². The zero-order chi connectivity index (χ0) is 14.7. The van der Waals surface area contributed by atoms with Gasteiger partial charge in [0, 0.05) is 23.1 Å². The van der Waals surface area contributed by atoms with E-state index < -0.39 is 0 Å². The van der Waals surface area contributed by atoms with Crippen LogP contribution in [0.25, 0.3) is 0 Å². The minimum absolute atomic E-state index is 0.240. The first kappa shape index (κ1) is 15.8. The molecule has 1 aromatic carbocycles. The Bertz CT molecular complexity index is 578. The van der Waals surface area contributed by atoms with Crippen molar-refractivity contribution in [2.24, 2.45) is 7.05 Å². The molecule has 0 amide bonds. The fraction of sp³-hybridized carbons (Fsp3) is 0.400. The van der Waals surface area contributed by atoms with E-state index in [9.17, 15) is 0 Å². The van der Waals surface area contributed by atoms with Crippen LogP contribution >= 0.6 is 34.2 Å². The number of benzene rings is 1. The second kappa shape index (κ2) is 6.91. The van der Waals surface area contributed by atoms with Gasteiger partial charge in [0.25, 0.3) is 0 Å². The number of aryl methyl sites for hydroxylation is 2. The van der Waals surface area contributed by atoms with Crippen LogP contribution in [0.1, 0.15) is 29.9 Å². The van der Waals surface area contributed by atoms with E-state index in [1.54, 1.807) is 0 Å². The first-order chi connectivity index (χ1) is 9.56. The maximum Gasteiger partial charge on any atom is 0.0850 e. The minimum Gasteiger partial charge on any atom is -0.313 e. The molecular formula is C15H19ClIN3. The van der Waals surface area contributed by atoms with E-state index in [1.165, 1.54) is 9.13 Å². The molecule has 2 rings (SSSR count). The summed E-state index contributed by atoms with van der Waals surface area (Å²) in [6, 6.07) is 8.82. The highest BCUT2D eigenvalue weighted by atomic mass is 127. The van der Waals surface area contributed by atoms with Crippen LogP contribution in [-0.2, 0) is 19.9 Å². The fourth-order valence-electron chi connectivity index (χ4n) is 2.32. The van der Waals surface area contributed by atoms with Gasteiger partial charge in [-0.3, -0.25) is 4.68 Å². The minimum atomic E-state index is 0.240. The van der Waals surface area contributed by atoms with Gasteiger partial charge < -0.3 is 5.32 Å². The summed E-state index contributed by atoms with van der Waals surface area (Å²) in [5.41, 5.74) is 3.33. The Balaban J connectivity index is 2.26. The number of rotatable bonds is 5. The Morgan fingerprint density at radius 3 is 2.50 bits per heavy atom. The van der Waals surface area contributed by atoms with Gasteiger partial charge in [-0.05, 0) is 53.8 Å². The molecular weight excluding hydrogens is 385 g/mol. The first-order valence-corrected chi connectivity index (χ1v) is 8.15. The van der Waals surface area contributed by atoms with Gasteiger partial charge in [0.15, 0.2) is 0 Å². The molecule has 0 fully saturated rings. The lowest BCUT2D eigenvalue weighted by Gasteiger charge is -2.17. The molecule has 2 aromatic rings. The predicted molar refractivity (Wildman–Crippen MR) is 92.3 cm³/mol. The van der Waals surface area contributed by atoms with Crippen LogP contribution in [0.15, 0.2) is 24.3 Å². The van der Waals surface area contributed by atoms with Crippen LogP contribution in [0.5, 0.6) is 0 Å². The highest BCUT2D eigenvalue weighted by Crippen LogP contribution is 2.26. The summed E-state index contributed by atoms with van der Waals surface area (Å²) in [4.78, 5) is 0. The van der Waals surface area contributed by atoms with Crippen LogP contribution < -0.4 is 5.32 Å². The molecule has 0 saturated carbocycles. The molecule has 1 aromatic heterocycles. The maximum atomic E-state index is 6.43. The molecule has 5 heteroatoms. The van der Waals surface area contributed by atoms with Crippen molar-refractivity contribution in [3.8, 4) is 0 Å². The number of halogens is 2. The van der Waals surface area contributed by atoms with Crippen molar-refractivity contribution in [3.63, 3.8) is 0 Å². The van der Waals surface area contributed by atoms with Gasteiger partial charge in [-0.2, -0.15) is 5.10 Å². The third kappa shape index (κ3) is 3.35. The molecule has 1 heterocycles. The number of hydrogen-bond donors (Lipinski definition) is 1. The number of likely N-dealkylation sites (N-methyl/N-ethyl adjacent to an activating group) is 1. The van der Waals surface area contributed by atoms with Gasteiger partial charge in [-0.15, -0.1) is 0 Å². The average molecular weight is 404 g/mol. The molecule has 1 atom stereocenters.